The number of hydrogen-bond donors (Lipinski definition) is 3. The van der Waals surface area contributed by atoms with Crippen LogP contribution in [0, 0.1) is 0 Å². The van der Waals surface area contributed by atoms with Crippen LogP contribution in [-0.4, -0.2) is 33.0 Å². The molecule has 0 saturated heterocycles. The van der Waals surface area contributed by atoms with Crippen LogP contribution in [-0.2, 0) is 10.8 Å². The van der Waals surface area contributed by atoms with Crippen molar-refractivity contribution in [2.45, 2.75) is 0 Å². The van der Waals surface area contributed by atoms with Crippen LogP contribution in [0.4, 0.5) is 11.4 Å². The van der Waals surface area contributed by atoms with Crippen LogP contribution < -0.4 is 11.1 Å². The Morgan fingerprint density at radius 1 is 1.56 bits per heavy atom. The molecular weight excluding hydrogens is 224 g/mol. The van der Waals surface area contributed by atoms with Crippen molar-refractivity contribution in [1.82, 2.24) is 10.2 Å². The summed E-state index contributed by atoms with van der Waals surface area (Å²) in [5, 5.41) is 11.0. The lowest BCUT2D eigenvalue weighted by atomic mass is 10.2. The molecule has 0 aliphatic rings. The quantitative estimate of drug-likeness (QED) is 0.692. The summed E-state index contributed by atoms with van der Waals surface area (Å²) in [6.07, 6.45) is 3.42. The first-order valence-corrected chi connectivity index (χ1v) is 6.66. The van der Waals surface area contributed by atoms with E-state index in [1.54, 1.807) is 12.5 Å². The summed E-state index contributed by atoms with van der Waals surface area (Å²) in [7, 11) is -0.789. The number of anilines is 2. The number of nitrogens with two attached hydrogens (primary N) is 1. The molecule has 1 unspecified atom stereocenters. The van der Waals surface area contributed by atoms with Gasteiger partial charge in [0, 0.05) is 34.7 Å². The largest absolute Gasteiger partial charge is 0.397 e. The van der Waals surface area contributed by atoms with Gasteiger partial charge >= 0.3 is 0 Å². The highest BCUT2D eigenvalue weighted by Gasteiger charge is 2.03. The molecule has 0 bridgehead atoms. The molecule has 0 aliphatic carbocycles. The van der Waals surface area contributed by atoms with Crippen LogP contribution in [0.25, 0.3) is 10.9 Å². The normalized spacial score (nSPS) is 12.8. The van der Waals surface area contributed by atoms with Crippen molar-refractivity contribution in [1.29, 1.82) is 0 Å². The van der Waals surface area contributed by atoms with Crippen molar-refractivity contribution in [2.24, 2.45) is 0 Å². The Bertz CT molecular complexity index is 523. The lowest BCUT2D eigenvalue weighted by Gasteiger charge is -2.08. The topological polar surface area (TPSA) is 83.8 Å². The number of hydrogen-bond acceptors (Lipinski definition) is 4. The van der Waals surface area contributed by atoms with Crippen molar-refractivity contribution in [3.63, 3.8) is 0 Å². The van der Waals surface area contributed by atoms with Crippen LogP contribution in [0.2, 0.25) is 0 Å². The van der Waals surface area contributed by atoms with E-state index in [1.807, 2.05) is 12.1 Å². The summed E-state index contributed by atoms with van der Waals surface area (Å²) in [6, 6.07) is 3.78. The van der Waals surface area contributed by atoms with Crippen LogP contribution in [0.15, 0.2) is 18.3 Å². The van der Waals surface area contributed by atoms with E-state index in [0.29, 0.717) is 18.0 Å². The Labute approximate surface area is 95.9 Å². The molecule has 1 aromatic carbocycles. The third kappa shape index (κ3) is 2.33. The highest BCUT2D eigenvalue weighted by Crippen LogP contribution is 2.24. The Balaban J connectivity index is 2.16. The van der Waals surface area contributed by atoms with Crippen molar-refractivity contribution in [3.8, 4) is 0 Å². The molecule has 0 radical (unpaired) electrons. The smallest absolute Gasteiger partial charge is 0.0672 e. The Hall–Kier alpha value is -1.56. The molecule has 0 amide bonds. The number of aromatic amines is 1. The maximum Gasteiger partial charge on any atom is 0.0672 e. The van der Waals surface area contributed by atoms with E-state index in [0.717, 1.165) is 16.6 Å². The van der Waals surface area contributed by atoms with Crippen LogP contribution in [0.1, 0.15) is 0 Å². The van der Waals surface area contributed by atoms with Gasteiger partial charge in [-0.2, -0.15) is 5.10 Å². The molecule has 86 valence electrons. The van der Waals surface area contributed by atoms with Gasteiger partial charge in [-0.1, -0.05) is 0 Å². The number of nitrogen functional groups attached to an aromatic ring is 1. The number of nitrogens with one attached hydrogen (secondary N) is 2. The zero-order valence-electron chi connectivity index (χ0n) is 8.99. The molecule has 0 aliphatic heterocycles. The molecule has 2 rings (SSSR count). The lowest BCUT2D eigenvalue weighted by molar-refractivity contribution is 0.687. The number of benzene rings is 1. The monoisotopic (exact) mass is 238 g/mol. The minimum absolute atomic E-state index is 0.612. The Kier molecular flexibility index (Phi) is 3.09. The average molecular weight is 238 g/mol. The van der Waals surface area contributed by atoms with Gasteiger partial charge in [0.25, 0.3) is 0 Å². The minimum Gasteiger partial charge on any atom is -0.397 e. The van der Waals surface area contributed by atoms with E-state index in [4.69, 9.17) is 5.73 Å². The molecule has 6 heteroatoms. The average Bonchev–Trinajstić information content (AvgIpc) is 2.64. The summed E-state index contributed by atoms with van der Waals surface area (Å²) < 4.78 is 10.9. The molecule has 2 aromatic rings. The second kappa shape index (κ2) is 4.52. The minimum atomic E-state index is -0.789. The first-order chi connectivity index (χ1) is 7.66. The van der Waals surface area contributed by atoms with Gasteiger partial charge in [0.15, 0.2) is 0 Å². The first kappa shape index (κ1) is 10.9. The lowest BCUT2D eigenvalue weighted by Crippen LogP contribution is -2.10. The van der Waals surface area contributed by atoms with Gasteiger partial charge in [0.05, 0.1) is 23.1 Å². The van der Waals surface area contributed by atoms with E-state index < -0.39 is 10.8 Å². The summed E-state index contributed by atoms with van der Waals surface area (Å²) >= 11 is 0. The van der Waals surface area contributed by atoms with E-state index >= 15 is 0 Å². The standard InChI is InChI=1S/C10H14N4OS/c1-16(15)3-2-12-10-5-9-7(4-8(10)11)6-13-14-9/h4-6,12H,2-3,11H2,1H3,(H,13,14). The number of H-pyrrole nitrogens is 1. The first-order valence-electron chi connectivity index (χ1n) is 4.93. The summed E-state index contributed by atoms with van der Waals surface area (Å²) in [4.78, 5) is 0. The highest BCUT2D eigenvalue weighted by molar-refractivity contribution is 7.84. The van der Waals surface area contributed by atoms with Gasteiger partial charge in [0.2, 0.25) is 0 Å². The molecule has 0 fully saturated rings. The van der Waals surface area contributed by atoms with E-state index in [-0.39, 0.29) is 0 Å². The van der Waals surface area contributed by atoms with Gasteiger partial charge in [-0.25, -0.2) is 0 Å². The van der Waals surface area contributed by atoms with Gasteiger partial charge in [-0.15, -0.1) is 0 Å². The van der Waals surface area contributed by atoms with Crippen LogP contribution in [0.5, 0.6) is 0 Å². The molecule has 16 heavy (non-hydrogen) atoms. The fourth-order valence-electron chi connectivity index (χ4n) is 1.49. The molecular formula is C10H14N4OS. The number of fused-ring (bicyclic) bond motifs is 1. The third-order valence-electron chi connectivity index (χ3n) is 2.32. The predicted molar refractivity (Wildman–Crippen MR) is 67.9 cm³/mol. The van der Waals surface area contributed by atoms with Crippen molar-refractivity contribution >= 4 is 33.1 Å². The Morgan fingerprint density at radius 2 is 2.38 bits per heavy atom. The van der Waals surface area contributed by atoms with E-state index in [1.165, 1.54) is 0 Å². The number of aromatic nitrogens is 2. The molecule has 0 saturated carbocycles. The molecule has 0 spiro atoms. The molecule has 5 nitrogen and oxygen atoms in total. The number of nitrogens with zero attached hydrogens (tertiary/aromatic N) is 1. The Morgan fingerprint density at radius 3 is 3.12 bits per heavy atom. The van der Waals surface area contributed by atoms with Crippen molar-refractivity contribution in [3.05, 3.63) is 18.3 Å². The summed E-state index contributed by atoms with van der Waals surface area (Å²) in [6.45, 7) is 0.646. The fraction of sp³-hybridized carbons (Fsp3) is 0.300. The fourth-order valence-corrected chi connectivity index (χ4v) is 1.88. The third-order valence-corrected chi connectivity index (χ3v) is 3.09. The molecule has 1 aromatic heterocycles. The second-order valence-corrected chi connectivity index (χ2v) is 5.16. The van der Waals surface area contributed by atoms with Gasteiger partial charge < -0.3 is 11.1 Å². The van der Waals surface area contributed by atoms with Gasteiger partial charge in [-0.05, 0) is 12.1 Å². The number of rotatable bonds is 4. The maximum absolute atomic E-state index is 10.9. The maximum atomic E-state index is 10.9. The highest BCUT2D eigenvalue weighted by atomic mass is 32.2. The zero-order valence-corrected chi connectivity index (χ0v) is 9.80. The SMILES string of the molecule is CS(=O)CCNc1cc2[nH]ncc2cc1N. The van der Waals surface area contributed by atoms with Gasteiger partial charge in [-0.3, -0.25) is 9.31 Å². The van der Waals surface area contributed by atoms with Crippen LogP contribution >= 0.6 is 0 Å². The van der Waals surface area contributed by atoms with E-state index in [9.17, 15) is 4.21 Å². The van der Waals surface area contributed by atoms with Gasteiger partial charge in [0.1, 0.15) is 0 Å². The van der Waals surface area contributed by atoms with E-state index in [2.05, 4.69) is 15.5 Å². The summed E-state index contributed by atoms with van der Waals surface area (Å²) in [5.41, 5.74) is 8.35. The predicted octanol–water partition coefficient (Wildman–Crippen LogP) is 0.935. The van der Waals surface area contributed by atoms with Crippen molar-refractivity contribution < 1.29 is 4.21 Å². The summed E-state index contributed by atoms with van der Waals surface area (Å²) in [5.74, 6) is 0.612. The van der Waals surface area contributed by atoms with Crippen molar-refractivity contribution in [2.75, 3.05) is 29.6 Å². The second-order valence-electron chi connectivity index (χ2n) is 3.60. The molecule has 4 N–H and O–H groups in total. The molecule has 1 atom stereocenters. The van der Waals surface area contributed by atoms with Crippen LogP contribution in [0.3, 0.4) is 0 Å². The zero-order chi connectivity index (χ0) is 11.5. The molecule has 1 heterocycles.